The van der Waals surface area contributed by atoms with Crippen molar-refractivity contribution in [1.82, 2.24) is 10.2 Å². The summed E-state index contributed by atoms with van der Waals surface area (Å²) in [5, 5.41) is 2.94. The van der Waals surface area contributed by atoms with E-state index < -0.39 is 34.1 Å². The predicted molar refractivity (Wildman–Crippen MR) is 134 cm³/mol. The largest absolute Gasteiger partial charge is 0.497 e. The highest BCUT2D eigenvalue weighted by atomic mass is 32.2. The van der Waals surface area contributed by atoms with Crippen molar-refractivity contribution in [2.24, 2.45) is 0 Å². The molecule has 2 amide bonds. The summed E-state index contributed by atoms with van der Waals surface area (Å²) < 4.78 is 31.3. The highest BCUT2D eigenvalue weighted by Crippen LogP contribution is 2.20. The minimum atomic E-state index is -3.74. The normalized spacial score (nSPS) is 12.5. The van der Waals surface area contributed by atoms with E-state index >= 15 is 0 Å². The molecule has 186 valence electrons. The molecule has 1 atom stereocenters. The molecule has 1 N–H and O–H groups in total. The molecule has 2 rings (SSSR count). The lowest BCUT2D eigenvalue weighted by molar-refractivity contribution is -0.141. The average molecular weight is 490 g/mol. The smallest absolute Gasteiger partial charge is 0.244 e. The third kappa shape index (κ3) is 7.76. The van der Waals surface area contributed by atoms with Crippen LogP contribution in [0.15, 0.2) is 54.6 Å². The number of sulfonamides is 1. The number of benzene rings is 2. The van der Waals surface area contributed by atoms with Crippen LogP contribution in [0.5, 0.6) is 5.75 Å². The minimum Gasteiger partial charge on any atom is -0.497 e. The second-order valence-corrected chi connectivity index (χ2v) is 11.0. The quantitative estimate of drug-likeness (QED) is 0.553. The van der Waals surface area contributed by atoms with Crippen molar-refractivity contribution in [3.05, 3.63) is 60.2 Å². The number of hydrogen-bond acceptors (Lipinski definition) is 5. The van der Waals surface area contributed by atoms with Crippen LogP contribution in [-0.4, -0.2) is 56.6 Å². The van der Waals surface area contributed by atoms with Gasteiger partial charge in [0.25, 0.3) is 0 Å². The SMILES string of the molecule is CCC(C(=O)NC(C)(C)C)N(Cc1ccc(OC)cc1)C(=O)CN(c1ccccc1)S(C)(=O)=O. The van der Waals surface area contributed by atoms with E-state index in [-0.39, 0.29) is 12.5 Å². The van der Waals surface area contributed by atoms with Crippen LogP contribution in [0, 0.1) is 0 Å². The number of hydrogen-bond donors (Lipinski definition) is 1. The molecule has 0 fully saturated rings. The van der Waals surface area contributed by atoms with E-state index in [1.54, 1.807) is 49.6 Å². The number of para-hydroxylation sites is 1. The van der Waals surface area contributed by atoms with Gasteiger partial charge in [0.05, 0.1) is 19.1 Å². The Kier molecular flexibility index (Phi) is 9.09. The molecule has 9 heteroatoms. The van der Waals surface area contributed by atoms with Gasteiger partial charge >= 0.3 is 0 Å². The molecular weight excluding hydrogens is 454 g/mol. The summed E-state index contributed by atoms with van der Waals surface area (Å²) in [7, 11) is -2.17. The number of anilines is 1. The molecule has 0 bridgehead atoms. The molecule has 0 aromatic heterocycles. The van der Waals surface area contributed by atoms with Gasteiger partial charge in [0.1, 0.15) is 18.3 Å². The minimum absolute atomic E-state index is 0.144. The number of amides is 2. The number of carbonyl (C=O) groups excluding carboxylic acids is 2. The van der Waals surface area contributed by atoms with Gasteiger partial charge in [-0.2, -0.15) is 0 Å². The van der Waals surface area contributed by atoms with Gasteiger partial charge in [-0.15, -0.1) is 0 Å². The average Bonchev–Trinajstić information content (AvgIpc) is 2.76. The van der Waals surface area contributed by atoms with Crippen LogP contribution in [0.2, 0.25) is 0 Å². The molecule has 0 aliphatic heterocycles. The Balaban J connectivity index is 2.42. The summed E-state index contributed by atoms with van der Waals surface area (Å²) in [4.78, 5) is 28.2. The van der Waals surface area contributed by atoms with Crippen LogP contribution in [0.4, 0.5) is 5.69 Å². The molecule has 0 aliphatic rings. The first kappa shape index (κ1) is 27.2. The lowest BCUT2D eigenvalue weighted by Crippen LogP contribution is -2.55. The number of rotatable bonds is 10. The second-order valence-electron chi connectivity index (χ2n) is 9.14. The maximum atomic E-state index is 13.6. The third-order valence-corrected chi connectivity index (χ3v) is 6.26. The van der Waals surface area contributed by atoms with Crippen molar-refractivity contribution < 1.29 is 22.7 Å². The summed E-state index contributed by atoms with van der Waals surface area (Å²) >= 11 is 0. The van der Waals surface area contributed by atoms with Crippen molar-refractivity contribution in [3.63, 3.8) is 0 Å². The summed E-state index contributed by atoms with van der Waals surface area (Å²) in [6.45, 7) is 7.16. The standard InChI is InChI=1S/C25H35N3O5S/c1-7-22(24(30)26-25(2,3)4)27(17-19-13-15-21(33-5)16-14-19)23(29)18-28(34(6,31)32)20-11-9-8-10-12-20/h8-16,22H,7,17-18H2,1-6H3,(H,26,30). The van der Waals surface area contributed by atoms with Crippen LogP contribution in [0.1, 0.15) is 39.7 Å². The molecule has 34 heavy (non-hydrogen) atoms. The van der Waals surface area contributed by atoms with Crippen LogP contribution in [0.25, 0.3) is 0 Å². The van der Waals surface area contributed by atoms with Crippen molar-refractivity contribution >= 4 is 27.5 Å². The second kappa shape index (κ2) is 11.4. The Morgan fingerprint density at radius 3 is 2.09 bits per heavy atom. The first-order valence-corrected chi connectivity index (χ1v) is 13.0. The molecule has 2 aromatic rings. The molecule has 8 nitrogen and oxygen atoms in total. The van der Waals surface area contributed by atoms with Gasteiger partial charge < -0.3 is 15.0 Å². The van der Waals surface area contributed by atoms with Crippen LogP contribution < -0.4 is 14.4 Å². The fourth-order valence-corrected chi connectivity index (χ4v) is 4.36. The first-order valence-electron chi connectivity index (χ1n) is 11.1. The molecule has 0 heterocycles. The maximum Gasteiger partial charge on any atom is 0.244 e. The molecule has 0 radical (unpaired) electrons. The molecule has 0 spiro atoms. The molecule has 2 aromatic carbocycles. The van der Waals surface area contributed by atoms with E-state index in [2.05, 4.69) is 5.32 Å². The number of nitrogens with zero attached hydrogens (tertiary/aromatic N) is 2. The summed E-state index contributed by atoms with van der Waals surface area (Å²) in [5.41, 5.74) is 0.694. The van der Waals surface area contributed by atoms with Crippen LogP contribution in [0.3, 0.4) is 0 Å². The van der Waals surface area contributed by atoms with Crippen molar-refractivity contribution in [1.29, 1.82) is 0 Å². The van der Waals surface area contributed by atoms with Gasteiger partial charge in [0.15, 0.2) is 0 Å². The molecule has 0 saturated heterocycles. The van der Waals surface area contributed by atoms with Gasteiger partial charge in [0, 0.05) is 12.1 Å². The Morgan fingerprint density at radius 1 is 1.03 bits per heavy atom. The lowest BCUT2D eigenvalue weighted by Gasteiger charge is -2.34. The number of carbonyl (C=O) groups is 2. The number of nitrogens with one attached hydrogen (secondary N) is 1. The number of ether oxygens (including phenoxy) is 1. The van der Waals surface area contributed by atoms with E-state index in [9.17, 15) is 18.0 Å². The third-order valence-electron chi connectivity index (χ3n) is 5.12. The zero-order valence-electron chi connectivity index (χ0n) is 20.7. The lowest BCUT2D eigenvalue weighted by atomic mass is 10.1. The van der Waals surface area contributed by atoms with Crippen molar-refractivity contribution in [3.8, 4) is 5.75 Å². The Morgan fingerprint density at radius 2 is 1.62 bits per heavy atom. The zero-order chi connectivity index (χ0) is 25.5. The van der Waals surface area contributed by atoms with Gasteiger partial charge in [-0.3, -0.25) is 13.9 Å². The Hall–Kier alpha value is -3.07. The van der Waals surface area contributed by atoms with Crippen LogP contribution in [-0.2, 0) is 26.2 Å². The van der Waals surface area contributed by atoms with Gasteiger partial charge in [0.2, 0.25) is 21.8 Å². The zero-order valence-corrected chi connectivity index (χ0v) is 21.6. The maximum absolute atomic E-state index is 13.6. The first-order chi connectivity index (χ1) is 15.9. The van der Waals surface area contributed by atoms with E-state index in [1.165, 1.54) is 4.90 Å². The van der Waals surface area contributed by atoms with E-state index in [4.69, 9.17) is 4.74 Å². The summed E-state index contributed by atoms with van der Waals surface area (Å²) in [6, 6.07) is 14.9. The Bertz CT molecular complexity index is 1060. The number of methoxy groups -OCH3 is 1. The van der Waals surface area contributed by atoms with Crippen molar-refractivity contribution in [2.75, 3.05) is 24.2 Å². The van der Waals surface area contributed by atoms with E-state index in [0.717, 1.165) is 16.1 Å². The van der Waals surface area contributed by atoms with Crippen LogP contribution >= 0.6 is 0 Å². The van der Waals surface area contributed by atoms with Gasteiger partial charge in [-0.25, -0.2) is 8.42 Å². The summed E-state index contributed by atoms with van der Waals surface area (Å²) in [6.07, 6.45) is 1.43. The fraction of sp³-hybridized carbons (Fsp3) is 0.440. The van der Waals surface area contributed by atoms with E-state index in [1.807, 2.05) is 39.8 Å². The summed E-state index contributed by atoms with van der Waals surface area (Å²) in [5.74, 6) is -0.0880. The van der Waals surface area contributed by atoms with Gasteiger partial charge in [-0.1, -0.05) is 37.3 Å². The van der Waals surface area contributed by atoms with Crippen molar-refractivity contribution in [2.45, 2.75) is 52.2 Å². The highest BCUT2D eigenvalue weighted by molar-refractivity contribution is 7.92. The monoisotopic (exact) mass is 489 g/mol. The van der Waals surface area contributed by atoms with E-state index in [0.29, 0.717) is 17.9 Å². The predicted octanol–water partition coefficient (Wildman–Crippen LogP) is 3.18. The molecular formula is C25H35N3O5S. The van der Waals surface area contributed by atoms with Gasteiger partial charge in [-0.05, 0) is 57.0 Å². The Labute approximate surface area is 202 Å². The molecule has 0 aliphatic carbocycles. The molecule has 1 unspecified atom stereocenters. The topological polar surface area (TPSA) is 96.0 Å². The molecule has 0 saturated carbocycles. The fourth-order valence-electron chi connectivity index (χ4n) is 3.51. The highest BCUT2D eigenvalue weighted by Gasteiger charge is 2.33.